The van der Waals surface area contributed by atoms with E-state index in [4.69, 9.17) is 16.3 Å². The first-order valence-corrected chi connectivity index (χ1v) is 5.14. The zero-order valence-corrected chi connectivity index (χ0v) is 8.63. The minimum Gasteiger partial charge on any atom is -0.372 e. The van der Waals surface area contributed by atoms with Crippen molar-refractivity contribution in [2.45, 2.75) is 19.4 Å². The Kier molecular flexibility index (Phi) is 4.87. The first-order valence-electron chi connectivity index (χ1n) is 4.61. The van der Waals surface area contributed by atoms with Crippen LogP contribution in [0.2, 0.25) is 0 Å². The highest BCUT2D eigenvalue weighted by molar-refractivity contribution is 6.17. The third-order valence-corrected chi connectivity index (χ3v) is 2.09. The van der Waals surface area contributed by atoms with Crippen LogP contribution in [0.1, 0.15) is 25.0 Å². The summed E-state index contributed by atoms with van der Waals surface area (Å²) in [4.78, 5) is 0. The molecule has 0 saturated carbocycles. The molecule has 1 atom stereocenters. The number of alkyl halides is 1. The molecule has 0 aliphatic carbocycles. The Hall–Kier alpha value is -0.530. The quantitative estimate of drug-likeness (QED) is 0.659. The maximum absolute atomic E-state index is 5.59. The Labute approximate surface area is 84.7 Å². The topological polar surface area (TPSA) is 9.23 Å². The van der Waals surface area contributed by atoms with E-state index >= 15 is 0 Å². The molecule has 72 valence electrons. The molecule has 0 aliphatic rings. The summed E-state index contributed by atoms with van der Waals surface area (Å²) in [5.74, 6) is 0.559. The van der Waals surface area contributed by atoms with Crippen LogP contribution >= 0.6 is 11.6 Å². The zero-order chi connectivity index (χ0) is 9.52. The van der Waals surface area contributed by atoms with Gasteiger partial charge >= 0.3 is 0 Å². The van der Waals surface area contributed by atoms with Gasteiger partial charge in [0.25, 0.3) is 0 Å². The molecule has 13 heavy (non-hydrogen) atoms. The van der Waals surface area contributed by atoms with Gasteiger partial charge in [0.2, 0.25) is 0 Å². The smallest absolute Gasteiger partial charge is 0.0822 e. The molecule has 0 radical (unpaired) electrons. The number of rotatable bonds is 5. The number of benzene rings is 1. The monoisotopic (exact) mass is 198 g/mol. The van der Waals surface area contributed by atoms with Crippen molar-refractivity contribution in [3.8, 4) is 0 Å². The van der Waals surface area contributed by atoms with Gasteiger partial charge in [-0.3, -0.25) is 0 Å². The average Bonchev–Trinajstić information content (AvgIpc) is 2.21. The molecular weight excluding hydrogens is 184 g/mol. The van der Waals surface area contributed by atoms with Crippen molar-refractivity contribution in [2.24, 2.45) is 0 Å². The molecule has 0 amide bonds. The summed E-state index contributed by atoms with van der Waals surface area (Å²) in [6.45, 7) is 2.74. The summed E-state index contributed by atoms with van der Waals surface area (Å²) >= 11 is 5.57. The highest BCUT2D eigenvalue weighted by atomic mass is 35.5. The van der Waals surface area contributed by atoms with E-state index in [0.717, 1.165) is 6.42 Å². The second-order valence-electron chi connectivity index (χ2n) is 2.87. The van der Waals surface area contributed by atoms with E-state index in [1.165, 1.54) is 5.56 Å². The summed E-state index contributed by atoms with van der Waals surface area (Å²) in [5.41, 5.74) is 1.23. The number of ether oxygens (including phenoxy) is 1. The molecule has 1 aromatic carbocycles. The molecule has 1 aromatic rings. The third-order valence-electron chi connectivity index (χ3n) is 1.94. The van der Waals surface area contributed by atoms with Gasteiger partial charge < -0.3 is 4.74 Å². The van der Waals surface area contributed by atoms with E-state index in [1.807, 2.05) is 18.2 Å². The molecule has 0 spiro atoms. The van der Waals surface area contributed by atoms with E-state index in [2.05, 4.69) is 19.1 Å². The van der Waals surface area contributed by atoms with Gasteiger partial charge in [0, 0.05) is 5.88 Å². The van der Waals surface area contributed by atoms with Crippen molar-refractivity contribution < 1.29 is 4.74 Å². The fourth-order valence-electron chi connectivity index (χ4n) is 1.30. The largest absolute Gasteiger partial charge is 0.372 e. The molecular formula is C11H15ClO. The van der Waals surface area contributed by atoms with Gasteiger partial charge in [-0.1, -0.05) is 37.3 Å². The van der Waals surface area contributed by atoms with E-state index < -0.39 is 0 Å². The Morgan fingerprint density at radius 1 is 1.31 bits per heavy atom. The number of hydrogen-bond acceptors (Lipinski definition) is 1. The van der Waals surface area contributed by atoms with Crippen LogP contribution in [-0.4, -0.2) is 12.5 Å². The lowest BCUT2D eigenvalue weighted by Gasteiger charge is -2.15. The zero-order valence-electron chi connectivity index (χ0n) is 7.87. The lowest BCUT2D eigenvalue weighted by molar-refractivity contribution is 0.0612. The van der Waals surface area contributed by atoms with Crippen LogP contribution < -0.4 is 0 Å². The Morgan fingerprint density at radius 3 is 2.54 bits per heavy atom. The Morgan fingerprint density at radius 2 is 2.00 bits per heavy atom. The molecule has 1 rings (SSSR count). The van der Waals surface area contributed by atoms with E-state index in [1.54, 1.807) is 0 Å². The predicted molar refractivity (Wildman–Crippen MR) is 56.1 cm³/mol. The third kappa shape index (κ3) is 3.37. The fourth-order valence-corrected chi connectivity index (χ4v) is 1.39. The van der Waals surface area contributed by atoms with Crippen molar-refractivity contribution >= 4 is 11.6 Å². The van der Waals surface area contributed by atoms with Gasteiger partial charge in [-0.2, -0.15) is 0 Å². The lowest BCUT2D eigenvalue weighted by Crippen LogP contribution is -2.05. The summed E-state index contributed by atoms with van der Waals surface area (Å²) in [7, 11) is 0. The molecule has 2 heteroatoms. The number of hydrogen-bond donors (Lipinski definition) is 0. The van der Waals surface area contributed by atoms with Gasteiger partial charge in [-0.25, -0.2) is 0 Å². The van der Waals surface area contributed by atoms with Crippen molar-refractivity contribution in [2.75, 3.05) is 12.5 Å². The molecule has 0 N–H and O–H groups in total. The number of halogens is 1. The first kappa shape index (κ1) is 10.6. The second kappa shape index (κ2) is 6.01. The standard InChI is InChI=1S/C11H15ClO/c1-2-11(13-9-8-12)10-6-4-3-5-7-10/h3-7,11H,2,8-9H2,1H3. The van der Waals surface area contributed by atoms with Crippen LogP contribution in [0, 0.1) is 0 Å². The highest BCUT2D eigenvalue weighted by Gasteiger charge is 2.07. The van der Waals surface area contributed by atoms with Crippen LogP contribution in [0.5, 0.6) is 0 Å². The minimum absolute atomic E-state index is 0.194. The lowest BCUT2D eigenvalue weighted by atomic mass is 10.1. The molecule has 1 unspecified atom stereocenters. The van der Waals surface area contributed by atoms with Crippen LogP contribution in [0.25, 0.3) is 0 Å². The maximum Gasteiger partial charge on any atom is 0.0822 e. The Balaban J connectivity index is 2.56. The first-order chi connectivity index (χ1) is 6.38. The molecule has 0 aliphatic heterocycles. The summed E-state index contributed by atoms with van der Waals surface area (Å²) in [5, 5.41) is 0. The van der Waals surface area contributed by atoms with Crippen molar-refractivity contribution in [3.63, 3.8) is 0 Å². The van der Waals surface area contributed by atoms with Gasteiger partial charge in [0.1, 0.15) is 0 Å². The molecule has 0 fully saturated rings. The van der Waals surface area contributed by atoms with Crippen molar-refractivity contribution in [1.29, 1.82) is 0 Å². The van der Waals surface area contributed by atoms with E-state index in [9.17, 15) is 0 Å². The predicted octanol–water partition coefficient (Wildman–Crippen LogP) is 3.39. The summed E-state index contributed by atoms with van der Waals surface area (Å²) in [6, 6.07) is 10.2. The molecule has 1 nitrogen and oxygen atoms in total. The SMILES string of the molecule is CCC(OCCCl)c1ccccc1. The van der Waals surface area contributed by atoms with Crippen molar-refractivity contribution in [1.82, 2.24) is 0 Å². The van der Waals surface area contributed by atoms with E-state index in [0.29, 0.717) is 12.5 Å². The molecule has 0 aromatic heterocycles. The fraction of sp³-hybridized carbons (Fsp3) is 0.455. The van der Waals surface area contributed by atoms with Crippen LogP contribution in [0.15, 0.2) is 30.3 Å². The normalized spacial score (nSPS) is 12.8. The second-order valence-corrected chi connectivity index (χ2v) is 3.25. The van der Waals surface area contributed by atoms with Gasteiger partial charge in [-0.05, 0) is 12.0 Å². The molecule has 0 bridgehead atoms. The minimum atomic E-state index is 0.194. The maximum atomic E-state index is 5.59. The van der Waals surface area contributed by atoms with Crippen molar-refractivity contribution in [3.05, 3.63) is 35.9 Å². The Bertz CT molecular complexity index is 223. The van der Waals surface area contributed by atoms with Gasteiger partial charge in [0.05, 0.1) is 12.7 Å². The molecule has 0 heterocycles. The van der Waals surface area contributed by atoms with Gasteiger partial charge in [-0.15, -0.1) is 11.6 Å². The van der Waals surface area contributed by atoms with Gasteiger partial charge in [0.15, 0.2) is 0 Å². The van der Waals surface area contributed by atoms with Crippen LogP contribution in [-0.2, 0) is 4.74 Å². The summed E-state index contributed by atoms with van der Waals surface area (Å²) < 4.78 is 5.59. The highest BCUT2D eigenvalue weighted by Crippen LogP contribution is 2.20. The van der Waals surface area contributed by atoms with E-state index in [-0.39, 0.29) is 6.10 Å². The van der Waals surface area contributed by atoms with Crippen LogP contribution in [0.3, 0.4) is 0 Å². The molecule has 0 saturated heterocycles. The summed E-state index contributed by atoms with van der Waals surface area (Å²) in [6.07, 6.45) is 1.18. The average molecular weight is 199 g/mol. The van der Waals surface area contributed by atoms with Crippen LogP contribution in [0.4, 0.5) is 0 Å².